The number of anilines is 1. The second-order valence-corrected chi connectivity index (χ2v) is 11.0. The van der Waals surface area contributed by atoms with Crippen molar-refractivity contribution in [2.24, 2.45) is 0 Å². The van der Waals surface area contributed by atoms with Gasteiger partial charge in [0.05, 0.1) is 9.60 Å². The Morgan fingerprint density at radius 1 is 1.06 bits per heavy atom. The van der Waals surface area contributed by atoms with E-state index in [1.807, 2.05) is 36.6 Å². The maximum absolute atomic E-state index is 13.4. The average molecular weight is 478 g/mol. The largest absolute Gasteiger partial charge is 0.302 e. The van der Waals surface area contributed by atoms with Crippen LogP contribution < -0.4 is 4.90 Å². The predicted molar refractivity (Wildman–Crippen MR) is 130 cm³/mol. The Bertz CT molecular complexity index is 1150. The summed E-state index contributed by atoms with van der Waals surface area (Å²) in [5.74, 6) is -0.139. The average Bonchev–Trinajstić information content (AvgIpc) is 3.19. The number of thioether (sulfide) groups is 1. The number of hydrogen-bond acceptors (Lipinski definition) is 7. The van der Waals surface area contributed by atoms with Crippen molar-refractivity contribution >= 4 is 54.2 Å². The highest BCUT2D eigenvalue weighted by atomic mass is 32.2. The maximum Gasteiger partial charge on any atom is 0.260 e. The van der Waals surface area contributed by atoms with E-state index in [0.717, 1.165) is 22.7 Å². The summed E-state index contributed by atoms with van der Waals surface area (Å²) in [6.45, 7) is 7.13. The molecule has 0 spiro atoms. The quantitative estimate of drug-likeness (QED) is 0.425. The lowest BCUT2D eigenvalue weighted by Gasteiger charge is -2.24. The van der Waals surface area contributed by atoms with Crippen LogP contribution in [-0.2, 0) is 9.84 Å². The molecule has 6 nitrogen and oxygen atoms in total. The molecule has 0 radical (unpaired) electrons. The van der Waals surface area contributed by atoms with Gasteiger partial charge in [-0.15, -0.1) is 11.8 Å². The van der Waals surface area contributed by atoms with Crippen molar-refractivity contribution in [3.8, 4) is 0 Å². The minimum absolute atomic E-state index is 0.139. The molecular formula is C22H27N3O3S3. The van der Waals surface area contributed by atoms with Crippen molar-refractivity contribution in [2.75, 3.05) is 43.6 Å². The monoisotopic (exact) mass is 477 g/mol. The minimum atomic E-state index is -3.43. The molecule has 0 aliphatic carbocycles. The first-order valence-corrected chi connectivity index (χ1v) is 14.0. The summed E-state index contributed by atoms with van der Waals surface area (Å²) in [4.78, 5) is 23.2. The molecule has 0 aliphatic heterocycles. The summed E-state index contributed by atoms with van der Waals surface area (Å²) in [5.41, 5.74) is 1.00. The first-order valence-electron chi connectivity index (χ1n) is 10.1. The van der Waals surface area contributed by atoms with Gasteiger partial charge in [-0.3, -0.25) is 9.69 Å². The van der Waals surface area contributed by atoms with Crippen LogP contribution in [0.3, 0.4) is 0 Å². The van der Waals surface area contributed by atoms with E-state index in [4.69, 9.17) is 0 Å². The summed E-state index contributed by atoms with van der Waals surface area (Å²) < 4.78 is 25.2. The van der Waals surface area contributed by atoms with E-state index >= 15 is 0 Å². The molecule has 1 aromatic heterocycles. The first-order chi connectivity index (χ1) is 14.8. The number of nitrogens with zero attached hydrogens (tertiary/aromatic N) is 3. The van der Waals surface area contributed by atoms with Gasteiger partial charge in [-0.25, -0.2) is 13.4 Å². The molecule has 0 aliphatic rings. The molecule has 2 aromatic carbocycles. The fourth-order valence-electron chi connectivity index (χ4n) is 3.28. The second-order valence-electron chi connectivity index (χ2n) is 7.08. The molecule has 0 atom stereocenters. The SMILES string of the molecule is CCN(CC)CCN(C(=O)c1ccc(SC)cc1)c1nc2c(S(C)(=O)=O)cccc2s1. The van der Waals surface area contributed by atoms with Gasteiger partial charge in [-0.2, -0.15) is 0 Å². The van der Waals surface area contributed by atoms with Crippen LogP contribution in [0.5, 0.6) is 0 Å². The topological polar surface area (TPSA) is 70.6 Å². The van der Waals surface area contributed by atoms with E-state index in [0.29, 0.717) is 29.3 Å². The molecular weight excluding hydrogens is 450 g/mol. The number of hydrogen-bond donors (Lipinski definition) is 0. The molecule has 1 heterocycles. The highest BCUT2D eigenvalue weighted by molar-refractivity contribution is 7.98. The molecule has 0 saturated carbocycles. The molecule has 0 bridgehead atoms. The van der Waals surface area contributed by atoms with Gasteiger partial charge in [0, 0.05) is 29.8 Å². The van der Waals surface area contributed by atoms with Crippen LogP contribution in [0.4, 0.5) is 5.13 Å². The van der Waals surface area contributed by atoms with Crippen LogP contribution in [0.25, 0.3) is 10.2 Å². The maximum atomic E-state index is 13.4. The van der Waals surface area contributed by atoms with Crippen molar-refractivity contribution < 1.29 is 13.2 Å². The summed E-state index contributed by atoms with van der Waals surface area (Å²) >= 11 is 2.96. The lowest BCUT2D eigenvalue weighted by Crippen LogP contribution is -2.38. The van der Waals surface area contributed by atoms with Gasteiger partial charge in [0.1, 0.15) is 5.52 Å². The van der Waals surface area contributed by atoms with Gasteiger partial charge < -0.3 is 4.90 Å². The second kappa shape index (κ2) is 10.1. The molecule has 3 rings (SSSR count). The third-order valence-electron chi connectivity index (χ3n) is 5.12. The Hall–Kier alpha value is -1.94. The Balaban J connectivity index is 2.03. The predicted octanol–water partition coefficient (Wildman–Crippen LogP) is 4.41. The molecule has 3 aromatic rings. The highest BCUT2D eigenvalue weighted by Crippen LogP contribution is 2.33. The number of rotatable bonds is 9. The van der Waals surface area contributed by atoms with Crippen molar-refractivity contribution in [1.82, 2.24) is 9.88 Å². The first kappa shape index (κ1) is 23.7. The molecule has 1 amide bonds. The van der Waals surface area contributed by atoms with Crippen LogP contribution in [0, 0.1) is 0 Å². The van der Waals surface area contributed by atoms with Crippen molar-refractivity contribution in [1.29, 1.82) is 0 Å². The van der Waals surface area contributed by atoms with Gasteiger partial charge in [0.15, 0.2) is 15.0 Å². The Morgan fingerprint density at radius 2 is 1.74 bits per heavy atom. The third kappa shape index (κ3) is 5.46. The van der Waals surface area contributed by atoms with Gasteiger partial charge in [-0.05, 0) is 55.7 Å². The number of fused-ring (bicyclic) bond motifs is 1. The summed E-state index contributed by atoms with van der Waals surface area (Å²) in [6, 6.07) is 12.6. The third-order valence-corrected chi connectivity index (χ3v) is 8.03. The number of carbonyl (C=O) groups excluding carboxylic acids is 1. The minimum Gasteiger partial charge on any atom is -0.302 e. The van der Waals surface area contributed by atoms with Crippen LogP contribution in [0.15, 0.2) is 52.3 Å². The number of para-hydroxylation sites is 1. The number of amides is 1. The normalized spacial score (nSPS) is 11.9. The van der Waals surface area contributed by atoms with Crippen LogP contribution in [0.2, 0.25) is 0 Å². The Labute approximate surface area is 192 Å². The fourth-order valence-corrected chi connectivity index (χ4v) is 5.60. The van der Waals surface area contributed by atoms with Gasteiger partial charge in [0.2, 0.25) is 0 Å². The van der Waals surface area contributed by atoms with E-state index in [1.54, 1.807) is 28.8 Å². The van der Waals surface area contributed by atoms with E-state index in [9.17, 15) is 13.2 Å². The van der Waals surface area contributed by atoms with E-state index in [2.05, 4.69) is 23.7 Å². The lowest BCUT2D eigenvalue weighted by molar-refractivity contribution is 0.0983. The molecule has 9 heteroatoms. The number of aromatic nitrogens is 1. The molecule has 0 unspecified atom stereocenters. The smallest absolute Gasteiger partial charge is 0.260 e. The Kier molecular flexibility index (Phi) is 7.74. The van der Waals surface area contributed by atoms with Gasteiger partial charge in [-0.1, -0.05) is 31.3 Å². The van der Waals surface area contributed by atoms with E-state index in [1.165, 1.54) is 17.6 Å². The standard InChI is InChI=1S/C22H27N3O3S3/c1-5-24(6-2)14-15-25(21(26)16-10-12-17(29-3)13-11-16)22-23-20-18(30-22)8-7-9-19(20)31(4,27)28/h7-13H,5-6,14-15H2,1-4H3. The highest BCUT2D eigenvalue weighted by Gasteiger charge is 2.24. The number of thiazole rings is 1. The summed E-state index contributed by atoms with van der Waals surface area (Å²) in [5, 5.41) is 0.511. The van der Waals surface area contributed by atoms with Crippen LogP contribution >= 0.6 is 23.1 Å². The Morgan fingerprint density at radius 3 is 2.32 bits per heavy atom. The van der Waals surface area contributed by atoms with Gasteiger partial charge >= 0.3 is 0 Å². The summed E-state index contributed by atoms with van der Waals surface area (Å²) in [6.07, 6.45) is 3.17. The van der Waals surface area contributed by atoms with Crippen molar-refractivity contribution in [2.45, 2.75) is 23.6 Å². The number of sulfone groups is 1. The van der Waals surface area contributed by atoms with Gasteiger partial charge in [0.25, 0.3) is 5.91 Å². The fraction of sp³-hybridized carbons (Fsp3) is 0.364. The number of benzene rings is 2. The lowest BCUT2D eigenvalue weighted by atomic mass is 10.2. The summed E-state index contributed by atoms with van der Waals surface area (Å²) in [7, 11) is -3.43. The number of likely N-dealkylation sites (N-methyl/N-ethyl adjacent to an activating group) is 1. The van der Waals surface area contributed by atoms with Crippen molar-refractivity contribution in [3.05, 3.63) is 48.0 Å². The van der Waals surface area contributed by atoms with Crippen LogP contribution in [-0.4, -0.2) is 62.9 Å². The molecule has 166 valence electrons. The zero-order chi connectivity index (χ0) is 22.6. The molecule has 0 fully saturated rings. The van der Waals surface area contributed by atoms with E-state index in [-0.39, 0.29) is 10.8 Å². The number of carbonyl (C=O) groups is 1. The molecule has 0 saturated heterocycles. The van der Waals surface area contributed by atoms with Crippen molar-refractivity contribution in [3.63, 3.8) is 0 Å². The zero-order valence-electron chi connectivity index (χ0n) is 18.2. The molecule has 31 heavy (non-hydrogen) atoms. The zero-order valence-corrected chi connectivity index (χ0v) is 20.6. The van der Waals surface area contributed by atoms with E-state index < -0.39 is 9.84 Å². The van der Waals surface area contributed by atoms with Crippen LogP contribution in [0.1, 0.15) is 24.2 Å². The molecule has 0 N–H and O–H groups in total.